The van der Waals surface area contributed by atoms with Crippen molar-refractivity contribution in [1.29, 1.82) is 5.26 Å². The molecule has 0 unspecified atom stereocenters. The summed E-state index contributed by atoms with van der Waals surface area (Å²) in [7, 11) is 0. The quantitative estimate of drug-likeness (QED) is 0.372. The number of ether oxygens (including phenoxy) is 2. The molecule has 4 rings (SSSR count). The van der Waals surface area contributed by atoms with Gasteiger partial charge in [-0.1, -0.05) is 72.8 Å². The van der Waals surface area contributed by atoms with Gasteiger partial charge >= 0.3 is 12.1 Å². The monoisotopic (exact) mass is 525 g/mol. The van der Waals surface area contributed by atoms with Gasteiger partial charge in [-0.05, 0) is 35.7 Å². The van der Waals surface area contributed by atoms with Gasteiger partial charge in [0.1, 0.15) is 12.7 Å². The van der Waals surface area contributed by atoms with Crippen molar-refractivity contribution >= 4 is 18.0 Å². The van der Waals surface area contributed by atoms with Gasteiger partial charge in [0.2, 0.25) is 5.91 Å². The number of nitrogens with one attached hydrogen (secondary N) is 1. The predicted octanol–water partition coefficient (Wildman–Crippen LogP) is 5.04. The molecule has 200 valence electrons. The van der Waals surface area contributed by atoms with E-state index in [2.05, 4.69) is 11.4 Å². The van der Waals surface area contributed by atoms with Gasteiger partial charge in [0.05, 0.1) is 30.5 Å². The highest BCUT2D eigenvalue weighted by atomic mass is 16.6. The van der Waals surface area contributed by atoms with E-state index in [-0.39, 0.29) is 31.4 Å². The molecule has 0 aromatic heterocycles. The molecule has 1 heterocycles. The zero-order chi connectivity index (χ0) is 27.6. The van der Waals surface area contributed by atoms with E-state index in [4.69, 9.17) is 14.7 Å². The van der Waals surface area contributed by atoms with E-state index in [9.17, 15) is 14.4 Å². The van der Waals surface area contributed by atoms with Crippen molar-refractivity contribution in [2.75, 3.05) is 0 Å². The van der Waals surface area contributed by atoms with Crippen LogP contribution in [0.25, 0.3) is 0 Å². The van der Waals surface area contributed by atoms with Gasteiger partial charge in [-0.3, -0.25) is 14.5 Å². The Kier molecular flexibility index (Phi) is 9.30. The van der Waals surface area contributed by atoms with E-state index in [0.717, 1.165) is 16.7 Å². The third-order valence-corrected chi connectivity index (χ3v) is 6.52. The molecule has 3 aromatic rings. The highest BCUT2D eigenvalue weighted by molar-refractivity contribution is 5.79. The number of carbonyl (C=O) groups excluding carboxylic acids is 3. The number of amides is 2. The van der Waals surface area contributed by atoms with Crippen LogP contribution in [0.4, 0.5) is 4.79 Å². The Morgan fingerprint density at radius 3 is 2.31 bits per heavy atom. The first kappa shape index (κ1) is 27.4. The number of hydrogen-bond acceptors (Lipinski definition) is 6. The standard InChI is InChI=1S/C31H31N3O5/c1-22(16-30(36)38-21-25-10-6-3-7-11-25)33-29(35)18-27-17-28(26-14-12-23(19-32)13-15-26)34(31(37)39-27)20-24-8-4-2-5-9-24/h2-15,22,27-28H,16-18,20-21H2,1H3,(H,33,35)/t22-,27-,28+/m1/s1. The SMILES string of the molecule is C[C@H](CC(=O)OCc1ccccc1)NC(=O)C[C@H]1C[C@@H](c2ccc(C#N)cc2)N(Cc2ccccc2)C(=O)O1. The van der Waals surface area contributed by atoms with E-state index >= 15 is 0 Å². The Balaban J connectivity index is 1.35. The molecule has 1 aliphatic heterocycles. The van der Waals surface area contributed by atoms with Gasteiger partial charge in [-0.2, -0.15) is 5.26 Å². The number of nitriles is 1. The van der Waals surface area contributed by atoms with Crippen LogP contribution in [0.2, 0.25) is 0 Å². The molecular formula is C31H31N3O5. The van der Waals surface area contributed by atoms with Crippen molar-refractivity contribution in [3.63, 3.8) is 0 Å². The van der Waals surface area contributed by atoms with E-state index in [1.165, 1.54) is 0 Å². The van der Waals surface area contributed by atoms with Gasteiger partial charge in [-0.15, -0.1) is 0 Å². The number of carbonyl (C=O) groups is 3. The second-order valence-corrected chi connectivity index (χ2v) is 9.63. The lowest BCUT2D eigenvalue weighted by atomic mass is 9.95. The van der Waals surface area contributed by atoms with Gasteiger partial charge < -0.3 is 14.8 Å². The molecule has 1 N–H and O–H groups in total. The molecule has 3 aromatic carbocycles. The second-order valence-electron chi connectivity index (χ2n) is 9.63. The first-order valence-corrected chi connectivity index (χ1v) is 12.9. The van der Waals surface area contributed by atoms with Gasteiger partial charge in [0.15, 0.2) is 0 Å². The lowest BCUT2D eigenvalue weighted by molar-refractivity contribution is -0.145. The zero-order valence-electron chi connectivity index (χ0n) is 21.8. The van der Waals surface area contributed by atoms with Crippen LogP contribution in [-0.2, 0) is 32.2 Å². The fourth-order valence-electron chi connectivity index (χ4n) is 4.58. The lowest BCUT2D eigenvalue weighted by Gasteiger charge is -2.39. The molecule has 0 spiro atoms. The van der Waals surface area contributed by atoms with Gasteiger partial charge in [-0.25, -0.2) is 4.79 Å². The van der Waals surface area contributed by atoms with Crippen LogP contribution >= 0.6 is 0 Å². The Hall–Kier alpha value is -4.64. The van der Waals surface area contributed by atoms with Crippen molar-refractivity contribution in [3.05, 3.63) is 107 Å². The Morgan fingerprint density at radius 2 is 1.67 bits per heavy atom. The third-order valence-electron chi connectivity index (χ3n) is 6.52. The molecule has 0 saturated carbocycles. The van der Waals surface area contributed by atoms with Crippen LogP contribution in [-0.4, -0.2) is 35.0 Å². The molecule has 8 nitrogen and oxygen atoms in total. The van der Waals surface area contributed by atoms with Crippen LogP contribution in [0.5, 0.6) is 0 Å². The van der Waals surface area contributed by atoms with Crippen molar-refractivity contribution in [3.8, 4) is 6.07 Å². The Bertz CT molecular complexity index is 1310. The van der Waals surface area contributed by atoms with E-state index in [1.807, 2.05) is 72.8 Å². The Labute approximate surface area is 228 Å². The first-order valence-electron chi connectivity index (χ1n) is 12.9. The summed E-state index contributed by atoms with van der Waals surface area (Å²) in [6, 6.07) is 27.4. The number of hydrogen-bond donors (Lipinski definition) is 1. The molecular weight excluding hydrogens is 494 g/mol. The maximum atomic E-state index is 13.1. The topological polar surface area (TPSA) is 109 Å². The molecule has 2 amide bonds. The van der Waals surface area contributed by atoms with E-state index in [0.29, 0.717) is 18.5 Å². The molecule has 1 aliphatic rings. The normalized spacial score (nSPS) is 17.4. The summed E-state index contributed by atoms with van der Waals surface area (Å²) in [6.45, 7) is 2.26. The van der Waals surface area contributed by atoms with Crippen molar-refractivity contribution < 1.29 is 23.9 Å². The highest BCUT2D eigenvalue weighted by Crippen LogP contribution is 2.34. The maximum Gasteiger partial charge on any atom is 0.410 e. The van der Waals surface area contributed by atoms with Gasteiger partial charge in [0, 0.05) is 19.0 Å². The molecule has 0 radical (unpaired) electrons. The largest absolute Gasteiger partial charge is 0.461 e. The number of cyclic esters (lactones) is 1. The molecule has 0 bridgehead atoms. The van der Waals surface area contributed by atoms with E-state index in [1.54, 1.807) is 24.0 Å². The highest BCUT2D eigenvalue weighted by Gasteiger charge is 2.37. The first-order chi connectivity index (χ1) is 18.9. The van der Waals surface area contributed by atoms with Crippen molar-refractivity contribution in [1.82, 2.24) is 10.2 Å². The minimum Gasteiger partial charge on any atom is -0.461 e. The van der Waals surface area contributed by atoms with Crippen LogP contribution < -0.4 is 5.32 Å². The average molecular weight is 526 g/mol. The third kappa shape index (κ3) is 7.92. The van der Waals surface area contributed by atoms with Crippen molar-refractivity contribution in [2.45, 2.75) is 57.5 Å². The maximum absolute atomic E-state index is 13.1. The average Bonchev–Trinajstić information content (AvgIpc) is 2.94. The fraction of sp³-hybridized carbons (Fsp3) is 0.290. The fourth-order valence-corrected chi connectivity index (χ4v) is 4.58. The molecule has 0 aliphatic carbocycles. The summed E-state index contributed by atoms with van der Waals surface area (Å²) in [5.41, 5.74) is 3.23. The second kappa shape index (κ2) is 13.2. The van der Waals surface area contributed by atoms with Crippen LogP contribution in [0.1, 0.15) is 54.5 Å². The molecule has 1 saturated heterocycles. The summed E-state index contributed by atoms with van der Waals surface area (Å²) in [5, 5.41) is 12.0. The van der Waals surface area contributed by atoms with Crippen molar-refractivity contribution in [2.24, 2.45) is 0 Å². The Morgan fingerprint density at radius 1 is 1.03 bits per heavy atom. The molecule has 3 atom stereocenters. The summed E-state index contributed by atoms with van der Waals surface area (Å²) < 4.78 is 11.0. The summed E-state index contributed by atoms with van der Waals surface area (Å²) in [5.74, 6) is -0.723. The summed E-state index contributed by atoms with van der Waals surface area (Å²) in [4.78, 5) is 39.8. The smallest absolute Gasteiger partial charge is 0.410 e. The summed E-state index contributed by atoms with van der Waals surface area (Å²) in [6.07, 6.45) is -0.731. The zero-order valence-corrected chi connectivity index (χ0v) is 21.8. The molecule has 39 heavy (non-hydrogen) atoms. The van der Waals surface area contributed by atoms with Crippen LogP contribution in [0, 0.1) is 11.3 Å². The van der Waals surface area contributed by atoms with Gasteiger partial charge in [0.25, 0.3) is 0 Å². The van der Waals surface area contributed by atoms with E-state index < -0.39 is 24.2 Å². The molecule has 1 fully saturated rings. The predicted molar refractivity (Wildman–Crippen MR) is 144 cm³/mol. The molecule has 8 heteroatoms. The minimum atomic E-state index is -0.637. The summed E-state index contributed by atoms with van der Waals surface area (Å²) >= 11 is 0. The van der Waals surface area contributed by atoms with Crippen LogP contribution in [0.15, 0.2) is 84.9 Å². The lowest BCUT2D eigenvalue weighted by Crippen LogP contribution is -2.46. The number of benzene rings is 3. The number of nitrogens with zero attached hydrogens (tertiary/aromatic N) is 2. The minimum absolute atomic E-state index is 0.0267. The van der Waals surface area contributed by atoms with Crippen LogP contribution in [0.3, 0.4) is 0 Å². The number of esters is 1. The number of rotatable bonds is 10.